The molecule has 4 aromatic heterocycles. The van der Waals surface area contributed by atoms with Crippen LogP contribution in [0.15, 0.2) is 48.5 Å². The number of hydrogen-bond acceptors (Lipinski definition) is 4. The first-order valence-electron chi connectivity index (χ1n) is 10.7. The van der Waals surface area contributed by atoms with Crippen molar-refractivity contribution in [3.63, 3.8) is 0 Å². The fraction of sp³-hybridized carbons (Fsp3) is 0.360. The summed E-state index contributed by atoms with van der Waals surface area (Å²) in [7, 11) is 0. The van der Waals surface area contributed by atoms with Gasteiger partial charge in [0, 0.05) is 16.8 Å². The van der Waals surface area contributed by atoms with Gasteiger partial charge in [0.1, 0.15) is 0 Å². The Bertz CT molecular complexity index is 1100. The topological polar surface area (TPSA) is 61.4 Å². The van der Waals surface area contributed by atoms with Crippen LogP contribution in [0.3, 0.4) is 0 Å². The summed E-state index contributed by atoms with van der Waals surface area (Å²) in [4.78, 5) is 9.78. The molecule has 0 fully saturated rings. The van der Waals surface area contributed by atoms with Crippen molar-refractivity contribution in [2.45, 2.75) is 58.8 Å². The monoisotopic (exact) mass is 518 g/mol. The summed E-state index contributed by atoms with van der Waals surface area (Å²) in [6.45, 7) is 12.7. The van der Waals surface area contributed by atoms with Crippen molar-refractivity contribution in [1.82, 2.24) is 29.5 Å². The molecule has 4 heterocycles. The van der Waals surface area contributed by atoms with Crippen molar-refractivity contribution in [3.05, 3.63) is 83.7 Å². The van der Waals surface area contributed by atoms with Gasteiger partial charge < -0.3 is 9.36 Å². The molecule has 0 aromatic carbocycles. The third-order valence-electron chi connectivity index (χ3n) is 5.47. The van der Waals surface area contributed by atoms with Gasteiger partial charge >= 0.3 is 20.4 Å². The summed E-state index contributed by atoms with van der Waals surface area (Å²) < 4.78 is 3.43. The maximum Gasteiger partial charge on any atom is 2.00 e. The van der Waals surface area contributed by atoms with Crippen LogP contribution in [-0.2, 0) is 25.8 Å². The normalized spacial score (nSPS) is 11.8. The average molecular weight is 519 g/mol. The van der Waals surface area contributed by atoms with E-state index in [0.29, 0.717) is 11.8 Å². The Kier molecular flexibility index (Phi) is 7.12. The maximum atomic E-state index is 4.89. The minimum Gasteiger partial charge on any atom is -0.343 e. The second-order valence-corrected chi connectivity index (χ2v) is 8.92. The smallest absolute Gasteiger partial charge is 0.343 e. The Balaban J connectivity index is 0.00000289. The predicted octanol–water partition coefficient (Wildman–Crippen LogP) is 5.02. The Morgan fingerprint density at radius 2 is 1.12 bits per heavy atom. The first kappa shape index (κ1) is 24.0. The van der Waals surface area contributed by atoms with Crippen LogP contribution in [0.25, 0.3) is 11.6 Å². The number of pyridine rings is 2. The van der Waals surface area contributed by atoms with Crippen molar-refractivity contribution < 1.29 is 20.4 Å². The summed E-state index contributed by atoms with van der Waals surface area (Å²) in [5.74, 6) is 2.19. The van der Waals surface area contributed by atoms with Crippen molar-refractivity contribution in [3.8, 4) is 11.6 Å². The van der Waals surface area contributed by atoms with E-state index in [2.05, 4.69) is 64.1 Å². The van der Waals surface area contributed by atoms with E-state index in [4.69, 9.17) is 9.97 Å². The van der Waals surface area contributed by atoms with Crippen molar-refractivity contribution in [2.75, 3.05) is 0 Å². The van der Waals surface area contributed by atoms with E-state index < -0.39 is 5.41 Å². The molecule has 0 amide bonds. The van der Waals surface area contributed by atoms with Crippen LogP contribution < -0.4 is 0 Å². The number of nitrogens with zero attached hydrogens (tertiary/aromatic N) is 6. The van der Waals surface area contributed by atoms with Crippen LogP contribution in [0.1, 0.15) is 76.2 Å². The molecule has 0 aliphatic rings. The van der Waals surface area contributed by atoms with Gasteiger partial charge in [-0.1, -0.05) is 64.4 Å². The molecule has 4 aromatic rings. The van der Waals surface area contributed by atoms with Crippen LogP contribution in [0, 0.1) is 12.4 Å². The van der Waals surface area contributed by atoms with Crippen LogP contribution >= 0.6 is 0 Å². The zero-order valence-electron chi connectivity index (χ0n) is 19.3. The second-order valence-electron chi connectivity index (χ2n) is 8.92. The van der Waals surface area contributed by atoms with Crippen molar-refractivity contribution in [2.24, 2.45) is 0 Å². The number of aromatic nitrogens is 6. The first-order valence-corrected chi connectivity index (χ1v) is 10.7. The van der Waals surface area contributed by atoms with Gasteiger partial charge in [-0.15, -0.1) is 12.1 Å². The summed E-state index contributed by atoms with van der Waals surface area (Å²) in [6, 6.07) is 15.8. The Hall–Kier alpha value is -2.62. The molecule has 0 N–H and O–H groups in total. The molecule has 4 rings (SSSR count). The van der Waals surface area contributed by atoms with Crippen LogP contribution in [0.4, 0.5) is 0 Å². The molecule has 0 atom stereocenters. The summed E-state index contributed by atoms with van der Waals surface area (Å²) in [5.41, 5.74) is 3.41. The van der Waals surface area contributed by atoms with Crippen LogP contribution in [-0.4, -0.2) is 29.5 Å². The standard InChI is InChI=1S/C25H28N6.Pd/c1-17(2)19-13-15-30(28-19)23-11-7-9-21(26-23)25(5,6)22-10-8-12-24(27-22)31-16-14-20(29-31)18(3)4;/h7-14,17-18H,1-6H3;/q-2;+2. The van der Waals surface area contributed by atoms with Gasteiger partial charge in [-0.3, -0.25) is 20.2 Å². The van der Waals surface area contributed by atoms with Gasteiger partial charge in [0.05, 0.1) is 11.6 Å². The van der Waals surface area contributed by atoms with E-state index in [9.17, 15) is 0 Å². The van der Waals surface area contributed by atoms with Gasteiger partial charge in [-0.05, 0) is 49.2 Å². The van der Waals surface area contributed by atoms with Gasteiger partial charge in [0.15, 0.2) is 0 Å². The molecular weight excluding hydrogens is 491 g/mol. The van der Waals surface area contributed by atoms with E-state index >= 15 is 0 Å². The zero-order chi connectivity index (χ0) is 22.2. The van der Waals surface area contributed by atoms with E-state index in [1.54, 1.807) is 9.36 Å². The fourth-order valence-electron chi connectivity index (χ4n) is 3.31. The molecule has 0 radical (unpaired) electrons. The molecule has 32 heavy (non-hydrogen) atoms. The molecule has 0 spiro atoms. The SMILES string of the molecule is CC(C)c1c[c-]n(-c2cccc(C(C)(C)c3cccc(-n4[c-]cc(C(C)C)n4)n3)n2)n1.[Pd+2]. The van der Waals surface area contributed by atoms with Gasteiger partial charge in [-0.25, -0.2) is 0 Å². The maximum absolute atomic E-state index is 4.89. The summed E-state index contributed by atoms with van der Waals surface area (Å²) in [5, 5.41) is 9.23. The largest absolute Gasteiger partial charge is 2.00 e. The zero-order valence-corrected chi connectivity index (χ0v) is 20.8. The van der Waals surface area contributed by atoms with E-state index in [1.807, 2.05) is 48.5 Å². The van der Waals surface area contributed by atoms with Crippen molar-refractivity contribution >= 4 is 0 Å². The fourth-order valence-corrected chi connectivity index (χ4v) is 3.31. The predicted molar refractivity (Wildman–Crippen MR) is 121 cm³/mol. The second kappa shape index (κ2) is 9.48. The molecule has 7 heteroatoms. The van der Waals surface area contributed by atoms with E-state index in [-0.39, 0.29) is 20.4 Å². The third kappa shape index (κ3) is 4.74. The van der Waals surface area contributed by atoms with Crippen LogP contribution in [0.2, 0.25) is 0 Å². The van der Waals surface area contributed by atoms with Gasteiger partial charge in [-0.2, -0.15) is 0 Å². The van der Waals surface area contributed by atoms with E-state index in [0.717, 1.165) is 34.4 Å². The Labute approximate surface area is 203 Å². The first-order chi connectivity index (χ1) is 14.8. The molecule has 0 unspecified atom stereocenters. The molecule has 168 valence electrons. The number of rotatable bonds is 6. The summed E-state index contributed by atoms with van der Waals surface area (Å²) in [6.07, 6.45) is 6.35. The molecular formula is C25H28N6Pd. The minimum atomic E-state index is -0.409. The van der Waals surface area contributed by atoms with Gasteiger partial charge in [0.2, 0.25) is 0 Å². The Morgan fingerprint density at radius 3 is 1.47 bits per heavy atom. The molecule has 6 nitrogen and oxygen atoms in total. The van der Waals surface area contributed by atoms with E-state index in [1.165, 1.54) is 0 Å². The third-order valence-corrected chi connectivity index (χ3v) is 5.47. The molecule has 0 aliphatic heterocycles. The molecule has 0 saturated carbocycles. The molecule has 0 aliphatic carbocycles. The quantitative estimate of drug-likeness (QED) is 0.266. The minimum absolute atomic E-state index is 0. The van der Waals surface area contributed by atoms with Crippen molar-refractivity contribution in [1.29, 1.82) is 0 Å². The summed E-state index contributed by atoms with van der Waals surface area (Å²) >= 11 is 0. The number of hydrogen-bond donors (Lipinski definition) is 0. The van der Waals surface area contributed by atoms with Crippen LogP contribution in [0.5, 0.6) is 0 Å². The average Bonchev–Trinajstić information content (AvgIpc) is 3.44. The van der Waals surface area contributed by atoms with Gasteiger partial charge in [0.25, 0.3) is 0 Å². The molecule has 0 bridgehead atoms. The Morgan fingerprint density at radius 1 is 0.719 bits per heavy atom. The molecule has 0 saturated heterocycles.